The van der Waals surface area contributed by atoms with E-state index >= 15 is 0 Å². The predicted molar refractivity (Wildman–Crippen MR) is 108 cm³/mol. The van der Waals surface area contributed by atoms with Crippen LogP contribution >= 0.6 is 23.2 Å². The first-order chi connectivity index (χ1) is 13.3. The summed E-state index contributed by atoms with van der Waals surface area (Å²) in [5.74, 6) is -1.22. The third kappa shape index (κ3) is 4.62. The highest BCUT2D eigenvalue weighted by molar-refractivity contribution is 7.92. The summed E-state index contributed by atoms with van der Waals surface area (Å²) in [6.45, 7) is 0. The van der Waals surface area contributed by atoms with Gasteiger partial charge in [0.05, 0.1) is 10.0 Å². The van der Waals surface area contributed by atoms with Crippen LogP contribution in [0, 0.1) is 5.82 Å². The van der Waals surface area contributed by atoms with E-state index in [4.69, 9.17) is 23.2 Å². The average Bonchev–Trinajstić information content (AvgIpc) is 2.65. The highest BCUT2D eigenvalue weighted by Crippen LogP contribution is 2.26. The van der Waals surface area contributed by atoms with E-state index in [0.29, 0.717) is 5.69 Å². The lowest BCUT2D eigenvalue weighted by atomic mass is 10.2. The van der Waals surface area contributed by atoms with Gasteiger partial charge in [-0.1, -0.05) is 41.4 Å². The molecule has 0 aliphatic rings. The Balaban J connectivity index is 1.88. The van der Waals surface area contributed by atoms with Crippen LogP contribution in [0.5, 0.6) is 0 Å². The lowest BCUT2D eigenvalue weighted by molar-refractivity contribution is 0.102. The standard InChI is InChI=1S/C19H13Cl2FN2O3S/c20-15-8-6-12(19(25)23-14-7-9-17(22)16(21)11-14)10-18(15)28(26,27)24-13-4-2-1-3-5-13/h1-11,24H,(H,23,25). The summed E-state index contributed by atoms with van der Waals surface area (Å²) in [4.78, 5) is 12.2. The number of halogens is 3. The van der Waals surface area contributed by atoms with Gasteiger partial charge in [-0.15, -0.1) is 0 Å². The van der Waals surface area contributed by atoms with Crippen LogP contribution in [-0.2, 0) is 10.0 Å². The van der Waals surface area contributed by atoms with Crippen LogP contribution in [0.3, 0.4) is 0 Å². The molecular weight excluding hydrogens is 426 g/mol. The van der Waals surface area contributed by atoms with Crippen molar-refractivity contribution >= 4 is 50.5 Å². The van der Waals surface area contributed by atoms with E-state index in [0.717, 1.165) is 12.1 Å². The van der Waals surface area contributed by atoms with Crippen molar-refractivity contribution in [3.8, 4) is 0 Å². The van der Waals surface area contributed by atoms with Gasteiger partial charge < -0.3 is 5.32 Å². The van der Waals surface area contributed by atoms with Crippen molar-refractivity contribution in [2.24, 2.45) is 0 Å². The van der Waals surface area contributed by atoms with Gasteiger partial charge in [-0.05, 0) is 48.5 Å². The van der Waals surface area contributed by atoms with E-state index in [1.54, 1.807) is 30.3 Å². The minimum absolute atomic E-state index is 0.0372. The van der Waals surface area contributed by atoms with Crippen molar-refractivity contribution < 1.29 is 17.6 Å². The first kappa shape index (κ1) is 20.1. The van der Waals surface area contributed by atoms with E-state index in [9.17, 15) is 17.6 Å². The third-order valence-corrected chi connectivity index (χ3v) is 5.84. The molecule has 0 radical (unpaired) electrons. The van der Waals surface area contributed by atoms with Crippen LogP contribution in [0.4, 0.5) is 15.8 Å². The fraction of sp³-hybridized carbons (Fsp3) is 0. The summed E-state index contributed by atoms with van der Waals surface area (Å²) < 4.78 is 40.9. The molecule has 0 saturated carbocycles. The van der Waals surface area contributed by atoms with Crippen molar-refractivity contribution in [2.75, 3.05) is 10.0 Å². The van der Waals surface area contributed by atoms with Crippen molar-refractivity contribution in [2.45, 2.75) is 4.90 Å². The molecule has 0 saturated heterocycles. The molecule has 0 aliphatic carbocycles. The van der Waals surface area contributed by atoms with Gasteiger partial charge in [-0.3, -0.25) is 9.52 Å². The lowest BCUT2D eigenvalue weighted by Gasteiger charge is -2.11. The normalized spacial score (nSPS) is 11.1. The van der Waals surface area contributed by atoms with Gasteiger partial charge >= 0.3 is 0 Å². The van der Waals surface area contributed by atoms with Crippen molar-refractivity contribution in [3.05, 3.63) is 88.2 Å². The number of hydrogen-bond acceptors (Lipinski definition) is 3. The second-order valence-corrected chi connectivity index (χ2v) is 8.16. The summed E-state index contributed by atoms with van der Waals surface area (Å²) in [6, 6.07) is 15.8. The molecule has 2 N–H and O–H groups in total. The minimum Gasteiger partial charge on any atom is -0.322 e. The first-order valence-corrected chi connectivity index (χ1v) is 10.1. The molecule has 5 nitrogen and oxygen atoms in total. The van der Waals surface area contributed by atoms with E-state index in [-0.39, 0.29) is 26.2 Å². The fourth-order valence-corrected chi connectivity index (χ4v) is 4.11. The Morgan fingerprint density at radius 1 is 0.857 bits per heavy atom. The molecule has 0 aliphatic heterocycles. The van der Waals surface area contributed by atoms with Crippen molar-refractivity contribution in [1.29, 1.82) is 0 Å². The first-order valence-electron chi connectivity index (χ1n) is 7.90. The van der Waals surface area contributed by atoms with Crippen LogP contribution in [-0.4, -0.2) is 14.3 Å². The van der Waals surface area contributed by atoms with Crippen LogP contribution in [0.1, 0.15) is 10.4 Å². The fourth-order valence-electron chi connectivity index (χ4n) is 2.34. The molecular formula is C19H13Cl2FN2O3S. The summed E-state index contributed by atoms with van der Waals surface area (Å²) in [7, 11) is -4.02. The minimum atomic E-state index is -4.02. The number of anilines is 2. The summed E-state index contributed by atoms with van der Waals surface area (Å²) in [5, 5.41) is 2.34. The second kappa shape index (κ2) is 8.18. The molecule has 0 unspecified atom stereocenters. The number of carbonyl (C=O) groups is 1. The maximum atomic E-state index is 13.2. The highest BCUT2D eigenvalue weighted by Gasteiger charge is 2.20. The third-order valence-electron chi connectivity index (χ3n) is 3.69. The van der Waals surface area contributed by atoms with Crippen LogP contribution in [0.2, 0.25) is 10.0 Å². The van der Waals surface area contributed by atoms with E-state index in [1.807, 2.05) is 0 Å². The predicted octanol–water partition coefficient (Wildman–Crippen LogP) is 5.19. The molecule has 9 heteroatoms. The average molecular weight is 439 g/mol. The molecule has 1 amide bonds. The summed E-state index contributed by atoms with van der Waals surface area (Å²) in [5.41, 5.74) is 0.672. The Labute approximate surface area is 171 Å². The molecule has 0 heterocycles. The molecule has 144 valence electrons. The number of benzene rings is 3. The van der Waals surface area contributed by atoms with Crippen LogP contribution in [0.15, 0.2) is 71.6 Å². The summed E-state index contributed by atoms with van der Waals surface area (Å²) in [6.07, 6.45) is 0. The van der Waals surface area contributed by atoms with Crippen molar-refractivity contribution in [1.82, 2.24) is 0 Å². The summed E-state index contributed by atoms with van der Waals surface area (Å²) >= 11 is 11.7. The molecule has 3 aromatic carbocycles. The van der Waals surface area contributed by atoms with E-state index in [1.165, 1.54) is 24.3 Å². The van der Waals surface area contributed by atoms with Gasteiger partial charge in [0.1, 0.15) is 10.7 Å². The van der Waals surface area contributed by atoms with E-state index in [2.05, 4.69) is 10.0 Å². The Hall–Kier alpha value is -2.61. The zero-order valence-corrected chi connectivity index (χ0v) is 16.4. The van der Waals surface area contributed by atoms with E-state index < -0.39 is 21.7 Å². The monoisotopic (exact) mass is 438 g/mol. The molecule has 0 atom stereocenters. The Bertz CT molecular complexity index is 1140. The molecule has 0 bridgehead atoms. The Morgan fingerprint density at radius 2 is 1.57 bits per heavy atom. The molecule has 0 fully saturated rings. The maximum Gasteiger partial charge on any atom is 0.263 e. The van der Waals surface area contributed by atoms with Gasteiger partial charge in [0.15, 0.2) is 0 Å². The quantitative estimate of drug-likeness (QED) is 0.575. The van der Waals surface area contributed by atoms with Crippen LogP contribution < -0.4 is 10.0 Å². The number of amides is 1. The zero-order chi connectivity index (χ0) is 20.3. The number of nitrogens with one attached hydrogen (secondary N) is 2. The molecule has 3 aromatic rings. The molecule has 3 rings (SSSR count). The zero-order valence-electron chi connectivity index (χ0n) is 14.1. The Kier molecular flexibility index (Phi) is 5.88. The largest absolute Gasteiger partial charge is 0.322 e. The van der Waals surface area contributed by atoms with Gasteiger partial charge in [0.2, 0.25) is 0 Å². The second-order valence-electron chi connectivity index (χ2n) is 5.70. The highest BCUT2D eigenvalue weighted by atomic mass is 35.5. The number of rotatable bonds is 5. The lowest BCUT2D eigenvalue weighted by Crippen LogP contribution is -2.16. The molecule has 0 spiro atoms. The van der Waals surface area contributed by atoms with Crippen molar-refractivity contribution in [3.63, 3.8) is 0 Å². The number of carbonyl (C=O) groups excluding carboxylic acids is 1. The number of hydrogen-bond donors (Lipinski definition) is 2. The topological polar surface area (TPSA) is 75.3 Å². The molecule has 28 heavy (non-hydrogen) atoms. The number of sulfonamides is 1. The van der Waals surface area contributed by atoms with Crippen LogP contribution in [0.25, 0.3) is 0 Å². The Morgan fingerprint density at radius 3 is 2.25 bits per heavy atom. The van der Waals surface area contributed by atoms with Gasteiger partial charge in [-0.25, -0.2) is 12.8 Å². The SMILES string of the molecule is O=C(Nc1ccc(F)c(Cl)c1)c1ccc(Cl)c(S(=O)(=O)Nc2ccccc2)c1. The number of para-hydroxylation sites is 1. The van der Waals surface area contributed by atoms with Gasteiger partial charge in [0, 0.05) is 16.9 Å². The maximum absolute atomic E-state index is 13.2. The molecule has 0 aromatic heterocycles. The van der Waals surface area contributed by atoms with Gasteiger partial charge in [0.25, 0.3) is 15.9 Å². The van der Waals surface area contributed by atoms with Gasteiger partial charge in [-0.2, -0.15) is 0 Å². The smallest absolute Gasteiger partial charge is 0.263 e.